The van der Waals surface area contributed by atoms with Crippen molar-refractivity contribution in [1.29, 1.82) is 0 Å². The van der Waals surface area contributed by atoms with E-state index >= 15 is 0 Å². The fourth-order valence-electron chi connectivity index (χ4n) is 6.43. The summed E-state index contributed by atoms with van der Waals surface area (Å²) in [5, 5.41) is 8.18. The standard InChI is InChI=1S/C22H20FN7O.C11H12ClIN4O.C7H8IN5/c1-10-6-11(2)18-16(7-10)27-22(31-18)26-15-5-4-12(8-14(15)23)13-9-30(3)20-17(13)19(24)28-21(25)29-20;1-11(2,3)9(18)17-10-15-7(12)6-5(13)4-14-8(6)16-10;1-13-2-3(8)4-5(9)11-7(10)12-6(4)13/h4-9H,1-3H3,(H,26,27)(H4,24,25,28,29);4H,1-3H3,(H2,14,15,16,17,18);2H,1H3,(H4,9,10,11,12). The van der Waals surface area contributed by atoms with Crippen LogP contribution in [0.4, 0.5) is 45.6 Å². The van der Waals surface area contributed by atoms with E-state index in [0.29, 0.717) is 44.4 Å². The summed E-state index contributed by atoms with van der Waals surface area (Å²) < 4.78 is 26.4. The molecule has 0 unspecified atom stereocenters. The van der Waals surface area contributed by atoms with Crippen molar-refractivity contribution in [1.82, 2.24) is 49.0 Å². The lowest BCUT2D eigenvalue weighted by atomic mass is 9.96. The average molecular weight is 1090 g/mol. The Labute approximate surface area is 385 Å². The van der Waals surface area contributed by atoms with Crippen LogP contribution in [0.1, 0.15) is 31.9 Å². The number of fused-ring (bicyclic) bond motifs is 4. The number of nitrogen functional groups attached to an aromatic ring is 4. The van der Waals surface area contributed by atoms with Gasteiger partial charge >= 0.3 is 0 Å². The number of carbonyl (C=O) groups excluding carboxylic acids is 1. The number of aryl methyl sites for hydroxylation is 4. The first-order chi connectivity index (χ1) is 29.2. The summed E-state index contributed by atoms with van der Waals surface area (Å²) in [6.45, 7) is 9.40. The number of nitrogens with two attached hydrogens (primary N) is 4. The summed E-state index contributed by atoms with van der Waals surface area (Å²) in [6, 6.07) is 9.01. The SMILES string of the molecule is CC(C)(C)C(=O)Nc1nc(Cl)c2c(I)c[nH]c2n1.Cc1cc(C)c2oc(Nc3ccc(-c4cn(C)c5nc(N)nc(N)c45)cc3F)nc2c1.Cn1cc(I)c2c(N)nc(N)nc21. The topological polar surface area (TPSA) is 274 Å². The van der Waals surface area contributed by atoms with Gasteiger partial charge in [-0.05, 0) is 93.9 Å². The molecule has 9 rings (SSSR count). The lowest BCUT2D eigenvalue weighted by Crippen LogP contribution is -2.28. The zero-order valence-corrected chi connectivity index (χ0v) is 39.4. The molecule has 0 saturated heterocycles. The maximum absolute atomic E-state index is 15.0. The lowest BCUT2D eigenvalue weighted by Gasteiger charge is -2.16. The second kappa shape index (κ2) is 17.0. The van der Waals surface area contributed by atoms with Crippen LogP contribution in [0, 0.1) is 32.2 Å². The van der Waals surface area contributed by atoms with Gasteiger partial charge in [0.1, 0.15) is 45.1 Å². The van der Waals surface area contributed by atoms with E-state index in [1.54, 1.807) is 22.9 Å². The summed E-state index contributed by atoms with van der Waals surface area (Å²) in [5.41, 5.74) is 29.5. The summed E-state index contributed by atoms with van der Waals surface area (Å²) in [7, 11) is 3.72. The summed E-state index contributed by atoms with van der Waals surface area (Å²) >= 11 is 10.4. The molecule has 320 valence electrons. The predicted molar refractivity (Wildman–Crippen MR) is 259 cm³/mol. The lowest BCUT2D eigenvalue weighted by molar-refractivity contribution is -0.123. The van der Waals surface area contributed by atoms with Crippen molar-refractivity contribution < 1.29 is 13.6 Å². The number of carbonyl (C=O) groups is 1. The highest BCUT2D eigenvalue weighted by molar-refractivity contribution is 14.1. The van der Waals surface area contributed by atoms with Gasteiger partial charge in [-0.2, -0.15) is 34.9 Å². The molecule has 7 aromatic heterocycles. The van der Waals surface area contributed by atoms with Gasteiger partial charge in [0.25, 0.3) is 6.01 Å². The van der Waals surface area contributed by atoms with Crippen LogP contribution in [0.5, 0.6) is 0 Å². The van der Waals surface area contributed by atoms with Gasteiger partial charge in [-0.3, -0.25) is 10.1 Å². The number of oxazole rings is 1. The minimum Gasteiger partial charge on any atom is -0.423 e. The van der Waals surface area contributed by atoms with Crippen LogP contribution >= 0.6 is 56.8 Å². The van der Waals surface area contributed by atoms with E-state index in [4.69, 9.17) is 39.0 Å². The van der Waals surface area contributed by atoms with Crippen LogP contribution in [-0.2, 0) is 18.9 Å². The third-order valence-electron chi connectivity index (χ3n) is 9.36. The molecule has 22 heteroatoms. The van der Waals surface area contributed by atoms with Gasteiger partial charge in [0.2, 0.25) is 23.8 Å². The maximum atomic E-state index is 15.0. The highest BCUT2D eigenvalue weighted by Crippen LogP contribution is 2.35. The van der Waals surface area contributed by atoms with Crippen molar-refractivity contribution in [2.75, 3.05) is 33.6 Å². The number of hydrogen-bond acceptors (Lipinski definition) is 14. The minimum absolute atomic E-state index is 0.0900. The molecule has 0 radical (unpaired) electrons. The number of halogens is 4. The van der Waals surface area contributed by atoms with Crippen molar-refractivity contribution in [3.63, 3.8) is 0 Å². The summed E-state index contributed by atoms with van der Waals surface area (Å²) in [4.78, 5) is 43.8. The fourth-order valence-corrected chi connectivity index (χ4v) is 8.46. The summed E-state index contributed by atoms with van der Waals surface area (Å²) in [5.74, 6) is 0.588. The number of benzene rings is 2. The van der Waals surface area contributed by atoms with E-state index < -0.39 is 11.2 Å². The molecule has 0 fully saturated rings. The fraction of sp³-hybridized carbons (Fsp3) is 0.200. The molecular weight excluding hydrogens is 1040 g/mol. The number of nitrogens with zero attached hydrogens (tertiary/aromatic N) is 9. The Bertz CT molecular complexity index is 3210. The highest BCUT2D eigenvalue weighted by atomic mass is 127. The number of aromatic amines is 1. The van der Waals surface area contributed by atoms with Crippen molar-refractivity contribution in [3.05, 3.63) is 78.2 Å². The van der Waals surface area contributed by atoms with E-state index in [-0.39, 0.29) is 41.3 Å². The van der Waals surface area contributed by atoms with Gasteiger partial charge in [0.15, 0.2) is 5.58 Å². The Balaban J connectivity index is 0.000000157. The molecule has 1 amide bonds. The van der Waals surface area contributed by atoms with Crippen LogP contribution in [0.3, 0.4) is 0 Å². The molecule has 18 nitrogen and oxygen atoms in total. The van der Waals surface area contributed by atoms with Gasteiger partial charge in [-0.15, -0.1) is 0 Å². The van der Waals surface area contributed by atoms with Gasteiger partial charge < -0.3 is 46.8 Å². The maximum Gasteiger partial charge on any atom is 0.300 e. The van der Waals surface area contributed by atoms with Gasteiger partial charge in [-0.25, -0.2) is 4.39 Å². The first-order valence-electron chi connectivity index (χ1n) is 18.6. The number of anilines is 7. The number of hydrogen-bond donors (Lipinski definition) is 7. The smallest absolute Gasteiger partial charge is 0.300 e. The summed E-state index contributed by atoms with van der Waals surface area (Å²) in [6.07, 6.45) is 5.56. The molecule has 0 aliphatic carbocycles. The normalized spacial score (nSPS) is 11.5. The van der Waals surface area contributed by atoms with Crippen LogP contribution in [0.2, 0.25) is 5.15 Å². The number of rotatable bonds is 4. The third-order valence-corrected chi connectivity index (χ3v) is 11.3. The monoisotopic (exact) mass is 1080 g/mol. The number of aromatic nitrogens is 10. The van der Waals surface area contributed by atoms with Gasteiger partial charge in [-0.1, -0.05) is 44.5 Å². The Morgan fingerprint density at radius 1 is 0.839 bits per heavy atom. The van der Waals surface area contributed by atoms with Crippen LogP contribution in [-0.4, -0.2) is 54.9 Å². The van der Waals surface area contributed by atoms with Gasteiger partial charge in [0, 0.05) is 50.8 Å². The van der Waals surface area contributed by atoms with E-state index in [1.165, 1.54) is 6.07 Å². The Kier molecular flexibility index (Phi) is 12.1. The van der Waals surface area contributed by atoms with Crippen molar-refractivity contribution in [2.45, 2.75) is 34.6 Å². The molecule has 0 aliphatic rings. The van der Waals surface area contributed by atoms with E-state index in [2.05, 4.69) is 95.7 Å². The van der Waals surface area contributed by atoms with Crippen LogP contribution in [0.25, 0.3) is 55.3 Å². The van der Waals surface area contributed by atoms with E-state index in [9.17, 15) is 9.18 Å². The zero-order chi connectivity index (χ0) is 44.9. The van der Waals surface area contributed by atoms with Crippen molar-refractivity contribution in [2.24, 2.45) is 19.5 Å². The van der Waals surface area contributed by atoms with Crippen molar-refractivity contribution in [3.8, 4) is 11.1 Å². The molecule has 2 aromatic carbocycles. The molecule has 9 aromatic rings. The second-order valence-corrected chi connectivity index (χ2v) is 17.9. The predicted octanol–water partition coefficient (Wildman–Crippen LogP) is 8.38. The molecule has 0 bridgehead atoms. The number of amides is 1. The Morgan fingerprint density at radius 3 is 2.15 bits per heavy atom. The molecule has 0 aliphatic heterocycles. The quantitative estimate of drug-likeness (QED) is 0.0644. The minimum atomic E-state index is -0.505. The molecular formula is C40H40ClFI2N16O2. The van der Waals surface area contributed by atoms with Crippen LogP contribution in [0.15, 0.2) is 53.3 Å². The van der Waals surface area contributed by atoms with E-state index in [0.717, 1.165) is 40.2 Å². The van der Waals surface area contributed by atoms with Crippen molar-refractivity contribution >= 4 is 148 Å². The van der Waals surface area contributed by atoms with Gasteiger partial charge in [0.05, 0.1) is 21.8 Å². The molecule has 0 atom stereocenters. The largest absolute Gasteiger partial charge is 0.423 e. The molecule has 0 saturated carbocycles. The van der Waals surface area contributed by atoms with Crippen LogP contribution < -0.4 is 33.6 Å². The Morgan fingerprint density at radius 2 is 1.48 bits per heavy atom. The average Bonchev–Trinajstić information content (AvgIpc) is 3.92. The van der Waals surface area contributed by atoms with E-state index in [1.807, 2.05) is 77.8 Å². The Hall–Kier alpha value is -6.08. The first kappa shape index (κ1) is 44.0. The number of nitrogens with one attached hydrogen (secondary N) is 3. The zero-order valence-electron chi connectivity index (χ0n) is 34.3. The highest BCUT2D eigenvalue weighted by Gasteiger charge is 2.23. The molecule has 7 heterocycles. The second-order valence-electron chi connectivity index (χ2n) is 15.2. The molecule has 62 heavy (non-hydrogen) atoms. The third kappa shape index (κ3) is 8.95. The molecule has 11 N–H and O–H groups in total. The molecule has 0 spiro atoms. The number of H-pyrrole nitrogens is 1. The first-order valence-corrected chi connectivity index (χ1v) is 21.1.